The van der Waals surface area contributed by atoms with Crippen molar-refractivity contribution >= 4 is 21.7 Å². The first-order chi connectivity index (χ1) is 8.45. The third kappa shape index (κ3) is 3.57. The van der Waals surface area contributed by atoms with Crippen molar-refractivity contribution in [3.05, 3.63) is 40.8 Å². The van der Waals surface area contributed by atoms with E-state index in [9.17, 15) is 9.18 Å². The van der Waals surface area contributed by atoms with Crippen LogP contribution in [0.15, 0.2) is 34.9 Å². The van der Waals surface area contributed by atoms with Crippen LogP contribution in [0.1, 0.15) is 0 Å². The highest BCUT2D eigenvalue weighted by molar-refractivity contribution is 9.10. The van der Waals surface area contributed by atoms with Crippen LogP contribution >= 0.6 is 15.9 Å². The van der Waals surface area contributed by atoms with Crippen LogP contribution in [0.4, 0.5) is 4.39 Å². The molecule has 0 heterocycles. The van der Waals surface area contributed by atoms with Gasteiger partial charge in [0.05, 0.1) is 6.07 Å². The van der Waals surface area contributed by atoms with Crippen LogP contribution in [0.5, 0.6) is 5.75 Å². The molecule has 0 saturated heterocycles. The number of nitrogens with two attached hydrogens (primary N) is 1. The quantitative estimate of drug-likeness (QED) is 0.903. The van der Waals surface area contributed by atoms with E-state index in [1.54, 1.807) is 12.1 Å². The van der Waals surface area contributed by atoms with E-state index in [1.165, 1.54) is 12.1 Å². The lowest BCUT2D eigenvalue weighted by atomic mass is 10.0. The minimum atomic E-state index is -1.14. The molecule has 0 amide bonds. The molecule has 0 aliphatic rings. The molecule has 0 fully saturated rings. The number of nitriles is 1. The van der Waals surface area contributed by atoms with Gasteiger partial charge in [-0.3, -0.25) is 4.79 Å². The number of allylic oxidation sites excluding steroid dienone is 1. The van der Waals surface area contributed by atoms with E-state index >= 15 is 0 Å². The Kier molecular flexibility index (Phi) is 4.86. The predicted octanol–water partition coefficient (Wildman–Crippen LogP) is 2.15. The Hall–Kier alpha value is -1.87. The Morgan fingerprint density at radius 2 is 2.33 bits per heavy atom. The maximum Gasteiger partial charge on any atom is 0.193 e. The molecular weight excluding hydrogens is 303 g/mol. The van der Waals surface area contributed by atoms with Gasteiger partial charge < -0.3 is 10.5 Å². The number of halogens is 2. The van der Waals surface area contributed by atoms with Gasteiger partial charge >= 0.3 is 0 Å². The SMILES string of the molecule is C=C(N)[C@@H](C#N)C(=O)COc1ccc(Br)cc1F. The van der Waals surface area contributed by atoms with Crippen LogP contribution in [-0.2, 0) is 4.79 Å². The van der Waals surface area contributed by atoms with Crippen LogP contribution in [-0.4, -0.2) is 12.4 Å². The molecule has 1 aromatic carbocycles. The zero-order valence-corrected chi connectivity index (χ0v) is 10.9. The summed E-state index contributed by atoms with van der Waals surface area (Å²) in [4.78, 5) is 11.5. The van der Waals surface area contributed by atoms with E-state index < -0.39 is 24.1 Å². The highest BCUT2D eigenvalue weighted by atomic mass is 79.9. The molecule has 0 aliphatic heterocycles. The van der Waals surface area contributed by atoms with Crippen LogP contribution in [0.25, 0.3) is 0 Å². The first-order valence-corrected chi connectivity index (χ1v) is 5.69. The van der Waals surface area contributed by atoms with Crippen molar-refractivity contribution in [3.63, 3.8) is 0 Å². The monoisotopic (exact) mass is 312 g/mol. The molecule has 0 spiro atoms. The molecule has 94 valence electrons. The largest absolute Gasteiger partial charge is 0.483 e. The average molecular weight is 313 g/mol. The number of benzene rings is 1. The summed E-state index contributed by atoms with van der Waals surface area (Å²) in [6.45, 7) is 2.89. The maximum atomic E-state index is 13.4. The second-order valence-electron chi connectivity index (χ2n) is 3.47. The summed E-state index contributed by atoms with van der Waals surface area (Å²) < 4.78 is 18.9. The summed E-state index contributed by atoms with van der Waals surface area (Å²) in [7, 11) is 0. The van der Waals surface area contributed by atoms with Crippen molar-refractivity contribution in [1.82, 2.24) is 0 Å². The topological polar surface area (TPSA) is 76.1 Å². The van der Waals surface area contributed by atoms with E-state index in [-0.39, 0.29) is 11.4 Å². The predicted molar refractivity (Wildman–Crippen MR) is 67.0 cm³/mol. The van der Waals surface area contributed by atoms with Gasteiger partial charge in [0.25, 0.3) is 0 Å². The number of nitrogens with zero attached hydrogens (tertiary/aromatic N) is 1. The summed E-state index contributed by atoms with van der Waals surface area (Å²) in [6, 6.07) is 5.87. The van der Waals surface area contributed by atoms with Crippen molar-refractivity contribution in [3.8, 4) is 11.8 Å². The number of rotatable bonds is 5. The molecular formula is C12H10BrFN2O2. The number of carbonyl (C=O) groups is 1. The summed E-state index contributed by atoms with van der Waals surface area (Å²) in [6.07, 6.45) is 0. The molecule has 1 aromatic rings. The maximum absolute atomic E-state index is 13.4. The molecule has 4 nitrogen and oxygen atoms in total. The van der Waals surface area contributed by atoms with Gasteiger partial charge in [0.1, 0.15) is 12.5 Å². The van der Waals surface area contributed by atoms with E-state index in [4.69, 9.17) is 15.7 Å². The van der Waals surface area contributed by atoms with Gasteiger partial charge in [-0.15, -0.1) is 0 Å². The number of Topliss-reactive ketones (excluding diaryl/α,β-unsaturated/α-hetero) is 1. The highest BCUT2D eigenvalue weighted by Crippen LogP contribution is 2.21. The van der Waals surface area contributed by atoms with Gasteiger partial charge in [-0.2, -0.15) is 5.26 Å². The van der Waals surface area contributed by atoms with Crippen LogP contribution in [0, 0.1) is 23.1 Å². The normalized spacial score (nSPS) is 11.4. The first kappa shape index (κ1) is 14.2. The lowest BCUT2D eigenvalue weighted by Gasteiger charge is -2.09. The second-order valence-corrected chi connectivity index (χ2v) is 4.38. The highest BCUT2D eigenvalue weighted by Gasteiger charge is 2.20. The molecule has 0 unspecified atom stereocenters. The Balaban J connectivity index is 2.68. The molecule has 0 bridgehead atoms. The smallest absolute Gasteiger partial charge is 0.193 e. The number of carbonyl (C=O) groups excluding carboxylic acids is 1. The third-order valence-electron chi connectivity index (χ3n) is 2.09. The summed E-state index contributed by atoms with van der Waals surface area (Å²) in [5.74, 6) is -2.36. The Morgan fingerprint density at radius 3 is 2.83 bits per heavy atom. The fourth-order valence-corrected chi connectivity index (χ4v) is 1.52. The second kappa shape index (κ2) is 6.17. The van der Waals surface area contributed by atoms with Crippen molar-refractivity contribution < 1.29 is 13.9 Å². The molecule has 0 aromatic heterocycles. The van der Waals surface area contributed by atoms with E-state index in [0.29, 0.717) is 4.47 Å². The minimum absolute atomic E-state index is 0.0534. The molecule has 0 saturated carbocycles. The molecule has 6 heteroatoms. The fraction of sp³-hybridized carbons (Fsp3) is 0.167. The first-order valence-electron chi connectivity index (χ1n) is 4.90. The van der Waals surface area contributed by atoms with E-state index in [0.717, 1.165) is 0 Å². The van der Waals surface area contributed by atoms with Gasteiger partial charge in [0, 0.05) is 10.2 Å². The lowest BCUT2D eigenvalue weighted by molar-refractivity contribution is -0.122. The van der Waals surface area contributed by atoms with Crippen molar-refractivity contribution in [2.24, 2.45) is 11.7 Å². The van der Waals surface area contributed by atoms with Crippen molar-refractivity contribution in [1.29, 1.82) is 5.26 Å². The van der Waals surface area contributed by atoms with Gasteiger partial charge in [-0.1, -0.05) is 22.5 Å². The summed E-state index contributed by atoms with van der Waals surface area (Å²) in [5, 5.41) is 8.71. The van der Waals surface area contributed by atoms with Gasteiger partial charge in [-0.25, -0.2) is 4.39 Å². The van der Waals surface area contributed by atoms with Gasteiger partial charge in [0.15, 0.2) is 17.3 Å². The molecule has 18 heavy (non-hydrogen) atoms. The van der Waals surface area contributed by atoms with Crippen LogP contribution < -0.4 is 10.5 Å². The summed E-state index contributed by atoms with van der Waals surface area (Å²) >= 11 is 3.10. The number of hydrogen-bond donors (Lipinski definition) is 1. The fourth-order valence-electron chi connectivity index (χ4n) is 1.19. The number of ether oxygens (including phenoxy) is 1. The minimum Gasteiger partial charge on any atom is -0.483 e. The molecule has 0 radical (unpaired) electrons. The van der Waals surface area contributed by atoms with Gasteiger partial charge in [0.2, 0.25) is 0 Å². The third-order valence-corrected chi connectivity index (χ3v) is 2.58. The van der Waals surface area contributed by atoms with Crippen molar-refractivity contribution in [2.75, 3.05) is 6.61 Å². The van der Waals surface area contributed by atoms with Gasteiger partial charge in [-0.05, 0) is 18.2 Å². The van der Waals surface area contributed by atoms with Crippen molar-refractivity contribution in [2.45, 2.75) is 0 Å². The zero-order valence-electron chi connectivity index (χ0n) is 9.32. The molecule has 2 N–H and O–H groups in total. The standard InChI is InChI=1S/C12H10BrFN2O2/c1-7(16)9(5-15)11(17)6-18-12-3-2-8(13)4-10(12)14/h2-4,9H,1,6,16H2/t9-/m1/s1. The number of hydrogen-bond acceptors (Lipinski definition) is 4. The van der Waals surface area contributed by atoms with Crippen LogP contribution in [0.3, 0.4) is 0 Å². The average Bonchev–Trinajstić information content (AvgIpc) is 2.28. The van der Waals surface area contributed by atoms with E-state index in [2.05, 4.69) is 22.5 Å². The Bertz CT molecular complexity index is 525. The molecule has 0 aliphatic carbocycles. The Morgan fingerprint density at radius 1 is 1.67 bits per heavy atom. The zero-order chi connectivity index (χ0) is 13.7. The van der Waals surface area contributed by atoms with E-state index in [1.807, 2.05) is 0 Å². The summed E-state index contributed by atoms with van der Waals surface area (Å²) in [5.41, 5.74) is 5.24. The molecule has 1 rings (SSSR count). The lowest BCUT2D eigenvalue weighted by Crippen LogP contribution is -2.25. The Labute approximate surface area is 112 Å². The molecule has 1 atom stereocenters. The van der Waals surface area contributed by atoms with Crippen LogP contribution in [0.2, 0.25) is 0 Å². The number of ketones is 1.